The Morgan fingerprint density at radius 2 is 2.19 bits per heavy atom. The van der Waals surface area contributed by atoms with Crippen molar-refractivity contribution < 1.29 is 9.59 Å². The van der Waals surface area contributed by atoms with Crippen LogP contribution in [0.2, 0.25) is 0 Å². The van der Waals surface area contributed by atoms with Crippen LogP contribution in [0.4, 0.5) is 0 Å². The highest BCUT2D eigenvalue weighted by atomic mass is 32.1. The molecule has 0 bridgehead atoms. The van der Waals surface area contributed by atoms with Crippen molar-refractivity contribution in [3.8, 4) is 0 Å². The molecule has 1 aromatic rings. The number of nitrogens with one attached hydrogen (secondary N) is 1. The van der Waals surface area contributed by atoms with E-state index in [-0.39, 0.29) is 23.7 Å². The molecule has 1 aromatic heterocycles. The van der Waals surface area contributed by atoms with Crippen molar-refractivity contribution in [1.29, 1.82) is 0 Å². The van der Waals surface area contributed by atoms with Gasteiger partial charge in [0.05, 0.1) is 17.7 Å². The van der Waals surface area contributed by atoms with Crippen LogP contribution in [0.1, 0.15) is 39.3 Å². The van der Waals surface area contributed by atoms with E-state index in [1.54, 1.807) is 10.4 Å². The Bertz CT molecular complexity index is 553. The Hall–Kier alpha value is -1.43. The second-order valence-corrected chi connectivity index (χ2v) is 7.29. The van der Waals surface area contributed by atoms with Crippen LogP contribution < -0.4 is 5.32 Å². The second-order valence-electron chi connectivity index (χ2n) is 6.57. The smallest absolute Gasteiger partial charge is 0.249 e. The molecule has 1 aliphatic carbocycles. The maximum atomic E-state index is 13.0. The zero-order valence-corrected chi connectivity index (χ0v) is 13.4. The fourth-order valence-electron chi connectivity index (χ4n) is 3.21. The molecule has 2 fully saturated rings. The van der Waals surface area contributed by atoms with E-state index < -0.39 is 11.6 Å². The summed E-state index contributed by atoms with van der Waals surface area (Å²) in [5.74, 6) is 0.363. The third-order valence-corrected chi connectivity index (χ3v) is 5.17. The number of amides is 2. The summed E-state index contributed by atoms with van der Waals surface area (Å²) in [6.07, 6.45) is 2.03. The van der Waals surface area contributed by atoms with Gasteiger partial charge in [0.15, 0.2) is 0 Å². The lowest BCUT2D eigenvalue weighted by Crippen LogP contribution is -2.70. The molecule has 2 atom stereocenters. The maximum absolute atomic E-state index is 13.0. The van der Waals surface area contributed by atoms with Crippen LogP contribution in [-0.2, 0) is 16.1 Å². The number of carbonyl (C=O) groups excluding carboxylic acids is 2. The first-order chi connectivity index (χ1) is 9.93. The Morgan fingerprint density at radius 3 is 2.71 bits per heavy atom. The highest BCUT2D eigenvalue weighted by Crippen LogP contribution is 2.43. The Morgan fingerprint density at radius 1 is 1.48 bits per heavy atom. The minimum atomic E-state index is -0.738. The molecule has 2 aliphatic rings. The molecule has 21 heavy (non-hydrogen) atoms. The first-order valence-electron chi connectivity index (χ1n) is 7.43. The molecule has 114 valence electrons. The topological polar surface area (TPSA) is 62.3 Å². The van der Waals surface area contributed by atoms with Gasteiger partial charge in [-0.1, -0.05) is 13.8 Å². The van der Waals surface area contributed by atoms with Crippen molar-refractivity contribution >= 4 is 23.2 Å². The highest BCUT2D eigenvalue weighted by Gasteiger charge is 2.55. The lowest BCUT2D eigenvalue weighted by molar-refractivity contribution is -0.158. The summed E-state index contributed by atoms with van der Waals surface area (Å²) >= 11 is 1.51. The predicted molar refractivity (Wildman–Crippen MR) is 80.6 cm³/mol. The molecule has 1 saturated heterocycles. The van der Waals surface area contributed by atoms with Crippen molar-refractivity contribution in [3.05, 3.63) is 16.6 Å². The molecule has 2 heterocycles. The lowest BCUT2D eigenvalue weighted by Gasteiger charge is -2.45. The summed E-state index contributed by atoms with van der Waals surface area (Å²) < 4.78 is 0. The number of nitrogens with zero attached hydrogens (tertiary/aromatic N) is 2. The molecule has 3 rings (SSSR count). The summed E-state index contributed by atoms with van der Waals surface area (Å²) in [4.78, 5) is 31.5. The minimum Gasteiger partial charge on any atom is -0.340 e. The SMILES string of the molecule is CC(C)C1C(=O)NC(C)(C2CC2)C(=O)N1Cc1cscn1. The van der Waals surface area contributed by atoms with Crippen molar-refractivity contribution in [3.63, 3.8) is 0 Å². The number of thiazole rings is 1. The summed E-state index contributed by atoms with van der Waals surface area (Å²) in [7, 11) is 0. The monoisotopic (exact) mass is 307 g/mol. The summed E-state index contributed by atoms with van der Waals surface area (Å²) in [6, 6.07) is -0.411. The minimum absolute atomic E-state index is 0.0331. The van der Waals surface area contributed by atoms with Gasteiger partial charge in [-0.25, -0.2) is 4.98 Å². The van der Waals surface area contributed by atoms with Gasteiger partial charge in [0.1, 0.15) is 11.6 Å². The number of carbonyl (C=O) groups is 2. The fraction of sp³-hybridized carbons (Fsp3) is 0.667. The molecular weight excluding hydrogens is 286 g/mol. The number of aromatic nitrogens is 1. The Kier molecular flexibility index (Phi) is 3.51. The molecule has 5 nitrogen and oxygen atoms in total. The van der Waals surface area contributed by atoms with E-state index in [0.717, 1.165) is 18.5 Å². The van der Waals surface area contributed by atoms with Crippen LogP contribution in [0.15, 0.2) is 10.9 Å². The largest absolute Gasteiger partial charge is 0.340 e. The molecule has 6 heteroatoms. The zero-order chi connectivity index (χ0) is 15.2. The van der Waals surface area contributed by atoms with Crippen LogP contribution in [-0.4, -0.2) is 33.3 Å². The van der Waals surface area contributed by atoms with Crippen molar-refractivity contribution in [1.82, 2.24) is 15.2 Å². The Labute approximate surface area is 128 Å². The average molecular weight is 307 g/mol. The summed E-state index contributed by atoms with van der Waals surface area (Å²) in [6.45, 7) is 6.24. The Balaban J connectivity index is 1.92. The molecule has 1 aliphatic heterocycles. The fourth-order valence-corrected chi connectivity index (χ4v) is 3.76. The van der Waals surface area contributed by atoms with E-state index in [4.69, 9.17) is 0 Å². The van der Waals surface area contributed by atoms with E-state index in [1.165, 1.54) is 11.3 Å². The quantitative estimate of drug-likeness (QED) is 0.922. The van der Waals surface area contributed by atoms with E-state index in [0.29, 0.717) is 6.54 Å². The van der Waals surface area contributed by atoms with Gasteiger partial charge in [0.2, 0.25) is 11.8 Å². The molecular formula is C15H21N3O2S. The van der Waals surface area contributed by atoms with Crippen LogP contribution in [0.25, 0.3) is 0 Å². The highest BCUT2D eigenvalue weighted by molar-refractivity contribution is 7.07. The van der Waals surface area contributed by atoms with Gasteiger partial charge in [-0.3, -0.25) is 9.59 Å². The first-order valence-corrected chi connectivity index (χ1v) is 8.38. The van der Waals surface area contributed by atoms with Gasteiger partial charge in [0, 0.05) is 5.38 Å². The van der Waals surface area contributed by atoms with Crippen molar-refractivity contribution in [2.75, 3.05) is 0 Å². The van der Waals surface area contributed by atoms with Gasteiger partial charge in [-0.2, -0.15) is 0 Å². The lowest BCUT2D eigenvalue weighted by atomic mass is 9.86. The molecule has 0 aromatic carbocycles. The normalized spacial score (nSPS) is 29.9. The molecule has 2 unspecified atom stereocenters. The summed E-state index contributed by atoms with van der Waals surface area (Å²) in [5.41, 5.74) is 1.87. The average Bonchev–Trinajstić information content (AvgIpc) is 3.15. The van der Waals surface area contributed by atoms with Gasteiger partial charge in [-0.15, -0.1) is 11.3 Å². The zero-order valence-electron chi connectivity index (χ0n) is 12.6. The standard InChI is InChI=1S/C15H21N3O2S/c1-9(2)12-13(19)17-15(3,10-4-5-10)14(20)18(12)6-11-7-21-8-16-11/h7-10,12H,4-6H2,1-3H3,(H,17,19). The van der Waals surface area contributed by atoms with Crippen LogP contribution in [0, 0.1) is 11.8 Å². The van der Waals surface area contributed by atoms with Gasteiger partial charge >= 0.3 is 0 Å². The first kappa shape index (κ1) is 14.5. The van der Waals surface area contributed by atoms with Crippen LogP contribution in [0.5, 0.6) is 0 Å². The number of piperazine rings is 1. The van der Waals surface area contributed by atoms with Crippen LogP contribution >= 0.6 is 11.3 Å². The van der Waals surface area contributed by atoms with Crippen molar-refractivity contribution in [2.24, 2.45) is 11.8 Å². The van der Waals surface area contributed by atoms with Gasteiger partial charge in [0.25, 0.3) is 0 Å². The molecule has 0 spiro atoms. The maximum Gasteiger partial charge on any atom is 0.249 e. The van der Waals surface area contributed by atoms with Gasteiger partial charge < -0.3 is 10.2 Å². The van der Waals surface area contributed by atoms with Crippen molar-refractivity contribution in [2.45, 2.75) is 51.7 Å². The van der Waals surface area contributed by atoms with E-state index in [1.807, 2.05) is 26.2 Å². The third kappa shape index (κ3) is 2.46. The number of hydrogen-bond acceptors (Lipinski definition) is 4. The number of hydrogen-bond donors (Lipinski definition) is 1. The third-order valence-electron chi connectivity index (χ3n) is 4.53. The second kappa shape index (κ2) is 5.09. The predicted octanol–water partition coefficient (Wildman–Crippen LogP) is 1.79. The van der Waals surface area contributed by atoms with E-state index in [9.17, 15) is 9.59 Å². The van der Waals surface area contributed by atoms with Gasteiger partial charge in [-0.05, 0) is 31.6 Å². The molecule has 1 saturated carbocycles. The molecule has 1 N–H and O–H groups in total. The number of rotatable bonds is 4. The van der Waals surface area contributed by atoms with Crippen LogP contribution in [0.3, 0.4) is 0 Å². The van der Waals surface area contributed by atoms with E-state index >= 15 is 0 Å². The molecule has 2 amide bonds. The van der Waals surface area contributed by atoms with E-state index in [2.05, 4.69) is 10.3 Å². The molecule has 0 radical (unpaired) electrons. The summed E-state index contributed by atoms with van der Waals surface area (Å²) in [5, 5.41) is 4.93.